The molecule has 10 heteroatoms. The molecule has 1 saturated heterocycles. The monoisotopic (exact) mass is 393 g/mol. The Morgan fingerprint density at radius 3 is 2.61 bits per heavy atom. The lowest BCUT2D eigenvalue weighted by Gasteiger charge is -2.21. The third-order valence-electron chi connectivity index (χ3n) is 4.34. The number of carbonyl (C=O) groups excluding carboxylic acids is 3. The first-order chi connectivity index (χ1) is 13.3. The fourth-order valence-corrected chi connectivity index (χ4v) is 2.84. The molecule has 0 radical (unpaired) electrons. The first-order valence-electron chi connectivity index (χ1n) is 8.59. The summed E-state index contributed by atoms with van der Waals surface area (Å²) in [6.45, 7) is 1.02. The normalized spacial score (nSPS) is 17.0. The topological polar surface area (TPSA) is 134 Å². The molecular formula is C18H23N3O7. The van der Waals surface area contributed by atoms with Crippen LogP contribution in [-0.4, -0.2) is 62.1 Å². The van der Waals surface area contributed by atoms with Crippen molar-refractivity contribution in [2.45, 2.75) is 19.4 Å². The first-order valence-corrected chi connectivity index (χ1v) is 8.59. The largest absolute Gasteiger partial charge is 0.497 e. The summed E-state index contributed by atoms with van der Waals surface area (Å²) in [6, 6.07) is 4.09. The third kappa shape index (κ3) is 4.90. The van der Waals surface area contributed by atoms with Gasteiger partial charge >= 0.3 is 5.97 Å². The number of aliphatic carboxylic acids is 1. The molecule has 1 aliphatic rings. The van der Waals surface area contributed by atoms with Crippen molar-refractivity contribution in [1.29, 1.82) is 0 Å². The second-order valence-electron chi connectivity index (χ2n) is 6.28. The quantitative estimate of drug-likeness (QED) is 0.555. The zero-order valence-corrected chi connectivity index (χ0v) is 15.9. The highest BCUT2D eigenvalue weighted by atomic mass is 16.5. The van der Waals surface area contributed by atoms with Crippen molar-refractivity contribution in [3.05, 3.63) is 18.2 Å². The molecule has 10 nitrogen and oxygen atoms in total. The van der Waals surface area contributed by atoms with Gasteiger partial charge in [0.25, 0.3) is 0 Å². The van der Waals surface area contributed by atoms with Crippen LogP contribution in [0.15, 0.2) is 18.2 Å². The molecule has 3 N–H and O–H groups in total. The van der Waals surface area contributed by atoms with Crippen LogP contribution in [0.5, 0.6) is 11.5 Å². The van der Waals surface area contributed by atoms with Crippen molar-refractivity contribution in [2.24, 2.45) is 5.92 Å². The van der Waals surface area contributed by atoms with Gasteiger partial charge in [0.2, 0.25) is 17.7 Å². The minimum atomic E-state index is -1.18. The molecule has 1 fully saturated rings. The summed E-state index contributed by atoms with van der Waals surface area (Å²) in [5.74, 6) is -2.16. The van der Waals surface area contributed by atoms with Crippen LogP contribution in [0.1, 0.15) is 13.3 Å². The summed E-state index contributed by atoms with van der Waals surface area (Å²) in [4.78, 5) is 48.7. The molecule has 0 aromatic heterocycles. The second-order valence-corrected chi connectivity index (χ2v) is 6.28. The average Bonchev–Trinajstić information content (AvgIpc) is 3.06. The molecule has 1 aromatic rings. The van der Waals surface area contributed by atoms with Gasteiger partial charge in [-0.3, -0.25) is 19.2 Å². The SMILES string of the molecule is COc1ccc(OC)c(N2CC(C(=O)NC(C)C(=O)NCC(=O)O)CC2=O)c1. The van der Waals surface area contributed by atoms with E-state index in [1.54, 1.807) is 18.2 Å². The maximum absolute atomic E-state index is 12.5. The van der Waals surface area contributed by atoms with Gasteiger partial charge in [-0.05, 0) is 19.1 Å². The number of carboxylic acids is 1. The van der Waals surface area contributed by atoms with Crippen molar-refractivity contribution in [1.82, 2.24) is 10.6 Å². The van der Waals surface area contributed by atoms with E-state index in [9.17, 15) is 19.2 Å². The molecule has 2 unspecified atom stereocenters. The van der Waals surface area contributed by atoms with Gasteiger partial charge in [0.15, 0.2) is 0 Å². The number of anilines is 1. The van der Waals surface area contributed by atoms with Crippen molar-refractivity contribution < 1.29 is 33.8 Å². The Morgan fingerprint density at radius 1 is 1.29 bits per heavy atom. The number of benzene rings is 1. The zero-order chi connectivity index (χ0) is 20.8. The van der Waals surface area contributed by atoms with Crippen LogP contribution in [0.3, 0.4) is 0 Å². The van der Waals surface area contributed by atoms with Gasteiger partial charge in [-0.25, -0.2) is 0 Å². The van der Waals surface area contributed by atoms with E-state index in [0.29, 0.717) is 17.2 Å². The summed E-state index contributed by atoms with van der Waals surface area (Å²) >= 11 is 0. The Labute approximate surface area is 161 Å². The van der Waals surface area contributed by atoms with E-state index in [1.807, 2.05) is 0 Å². The molecule has 0 bridgehead atoms. The molecule has 0 spiro atoms. The number of methoxy groups -OCH3 is 2. The summed E-state index contributed by atoms with van der Waals surface area (Å²) in [5, 5.41) is 13.3. The van der Waals surface area contributed by atoms with Crippen LogP contribution < -0.4 is 25.0 Å². The van der Waals surface area contributed by atoms with Crippen molar-refractivity contribution in [3.63, 3.8) is 0 Å². The lowest BCUT2D eigenvalue weighted by Crippen LogP contribution is -2.48. The van der Waals surface area contributed by atoms with Gasteiger partial charge in [0, 0.05) is 19.0 Å². The Hall–Kier alpha value is -3.30. The number of ether oxygens (including phenoxy) is 2. The van der Waals surface area contributed by atoms with Gasteiger partial charge in [-0.1, -0.05) is 0 Å². The van der Waals surface area contributed by atoms with Crippen LogP contribution in [0.2, 0.25) is 0 Å². The van der Waals surface area contributed by atoms with E-state index in [4.69, 9.17) is 14.6 Å². The van der Waals surface area contributed by atoms with E-state index in [1.165, 1.54) is 26.0 Å². The molecule has 1 aliphatic heterocycles. The number of carboxylic acid groups (broad SMARTS) is 1. The van der Waals surface area contributed by atoms with Crippen LogP contribution in [-0.2, 0) is 19.2 Å². The molecule has 152 valence electrons. The van der Waals surface area contributed by atoms with Crippen LogP contribution in [0, 0.1) is 5.92 Å². The molecule has 1 heterocycles. The molecule has 0 saturated carbocycles. The Morgan fingerprint density at radius 2 is 2.00 bits per heavy atom. The predicted molar refractivity (Wildman–Crippen MR) is 98.3 cm³/mol. The van der Waals surface area contributed by atoms with Gasteiger partial charge < -0.3 is 30.1 Å². The number of nitrogens with zero attached hydrogens (tertiary/aromatic N) is 1. The number of hydrogen-bond acceptors (Lipinski definition) is 6. The van der Waals surface area contributed by atoms with E-state index >= 15 is 0 Å². The fourth-order valence-electron chi connectivity index (χ4n) is 2.84. The highest BCUT2D eigenvalue weighted by Gasteiger charge is 2.37. The van der Waals surface area contributed by atoms with Gasteiger partial charge in [-0.2, -0.15) is 0 Å². The lowest BCUT2D eigenvalue weighted by molar-refractivity contribution is -0.138. The maximum Gasteiger partial charge on any atom is 0.322 e. The number of rotatable bonds is 8. The second kappa shape index (κ2) is 9.07. The lowest BCUT2D eigenvalue weighted by atomic mass is 10.1. The summed E-state index contributed by atoms with van der Waals surface area (Å²) in [7, 11) is 2.98. The Bertz CT molecular complexity index is 780. The molecule has 2 rings (SSSR count). The number of carbonyl (C=O) groups is 4. The minimum absolute atomic E-state index is 0.0182. The van der Waals surface area contributed by atoms with Gasteiger partial charge in [-0.15, -0.1) is 0 Å². The van der Waals surface area contributed by atoms with Gasteiger partial charge in [0.05, 0.1) is 25.8 Å². The van der Waals surface area contributed by atoms with Crippen LogP contribution >= 0.6 is 0 Å². The molecular weight excluding hydrogens is 370 g/mol. The summed E-state index contributed by atoms with van der Waals surface area (Å²) < 4.78 is 10.5. The number of hydrogen-bond donors (Lipinski definition) is 3. The van der Waals surface area contributed by atoms with Crippen molar-refractivity contribution in [3.8, 4) is 11.5 Å². The smallest absolute Gasteiger partial charge is 0.322 e. The third-order valence-corrected chi connectivity index (χ3v) is 4.34. The first kappa shape index (κ1) is 21.0. The minimum Gasteiger partial charge on any atom is -0.497 e. The Balaban J connectivity index is 2.05. The molecule has 28 heavy (non-hydrogen) atoms. The highest BCUT2D eigenvalue weighted by molar-refractivity contribution is 6.02. The van der Waals surface area contributed by atoms with E-state index in [2.05, 4.69) is 10.6 Å². The van der Waals surface area contributed by atoms with Crippen LogP contribution in [0.4, 0.5) is 5.69 Å². The van der Waals surface area contributed by atoms with E-state index < -0.39 is 36.3 Å². The molecule has 1 aromatic carbocycles. The molecule has 2 atom stereocenters. The van der Waals surface area contributed by atoms with Crippen molar-refractivity contribution in [2.75, 3.05) is 32.2 Å². The van der Waals surface area contributed by atoms with Crippen LogP contribution in [0.25, 0.3) is 0 Å². The van der Waals surface area contributed by atoms with Gasteiger partial charge in [0.1, 0.15) is 24.1 Å². The number of nitrogens with one attached hydrogen (secondary N) is 2. The van der Waals surface area contributed by atoms with E-state index in [-0.39, 0.29) is 18.9 Å². The predicted octanol–water partition coefficient (Wildman–Crippen LogP) is -0.238. The zero-order valence-electron chi connectivity index (χ0n) is 15.9. The highest BCUT2D eigenvalue weighted by Crippen LogP contribution is 2.36. The standard InChI is InChI=1S/C18H23N3O7/c1-10(17(25)19-8-16(23)24)20-18(26)11-6-15(22)21(9-11)13-7-12(27-2)4-5-14(13)28-3/h4-5,7,10-11H,6,8-9H2,1-3H3,(H,19,25)(H,20,26)(H,23,24). The Kier molecular flexibility index (Phi) is 6.80. The fraction of sp³-hybridized carbons (Fsp3) is 0.444. The maximum atomic E-state index is 12.5. The average molecular weight is 393 g/mol. The van der Waals surface area contributed by atoms with E-state index in [0.717, 1.165) is 0 Å². The summed E-state index contributed by atoms with van der Waals surface area (Å²) in [6.07, 6.45) is -0.0182. The molecule has 0 aliphatic carbocycles. The molecule has 3 amide bonds. The number of amides is 3. The van der Waals surface area contributed by atoms with Crippen molar-refractivity contribution >= 4 is 29.4 Å². The summed E-state index contributed by atoms with van der Waals surface area (Å²) in [5.41, 5.74) is 0.495.